The second-order valence-corrected chi connectivity index (χ2v) is 8.83. The van der Waals surface area contributed by atoms with Gasteiger partial charge in [0.1, 0.15) is 16.9 Å². The Bertz CT molecular complexity index is 1070. The average Bonchev–Trinajstić information content (AvgIpc) is 3.35. The Hall–Kier alpha value is -3.49. The molecule has 2 unspecified atom stereocenters. The average molecular weight is 424 g/mol. The molecule has 1 heterocycles. The third kappa shape index (κ3) is 2.87. The minimum absolute atomic E-state index is 0.0329. The van der Waals surface area contributed by atoms with Crippen molar-refractivity contribution in [2.75, 3.05) is 5.43 Å². The molecule has 4 rings (SSSR count). The van der Waals surface area contributed by atoms with Gasteiger partial charge < -0.3 is 9.73 Å². The van der Waals surface area contributed by atoms with Crippen molar-refractivity contribution in [3.05, 3.63) is 58.5 Å². The summed E-state index contributed by atoms with van der Waals surface area (Å²) in [5.74, 6) is 0.0169. The maximum Gasteiger partial charge on any atom is 0.269 e. The van der Waals surface area contributed by atoms with Crippen molar-refractivity contribution in [1.29, 1.82) is 0 Å². The van der Waals surface area contributed by atoms with Gasteiger partial charge in [0, 0.05) is 17.5 Å². The van der Waals surface area contributed by atoms with E-state index < -0.39 is 21.2 Å². The van der Waals surface area contributed by atoms with Crippen molar-refractivity contribution in [3.8, 4) is 0 Å². The number of amides is 1. The van der Waals surface area contributed by atoms with Crippen molar-refractivity contribution in [1.82, 2.24) is 5.32 Å². The van der Waals surface area contributed by atoms with E-state index in [4.69, 9.17) is 4.42 Å². The molecule has 9 nitrogen and oxygen atoms in total. The molecule has 2 atom stereocenters. The minimum Gasteiger partial charge on any atom is -0.467 e. The monoisotopic (exact) mass is 424 g/mol. The lowest BCUT2D eigenvalue weighted by Crippen LogP contribution is -2.50. The first kappa shape index (κ1) is 20.8. The summed E-state index contributed by atoms with van der Waals surface area (Å²) in [4.78, 5) is 37.2. The van der Waals surface area contributed by atoms with Crippen LogP contribution in [0, 0.1) is 26.4 Å². The second kappa shape index (κ2) is 7.04. The standard InChI is InChI=1S/C22H24N4O5/c1-20(2)21(3)10-11-22(20,19(28)23-13-16-5-4-12-31-16)18(27)17(21)25-24-14-6-8-15(9-7-14)26(29)30/h4-9,12,24H,10-11,13H2,1-3H3,(H,23,28)/b25-17+. The number of ketones is 1. The maximum atomic E-state index is 13.5. The van der Waals surface area contributed by atoms with E-state index >= 15 is 0 Å². The van der Waals surface area contributed by atoms with E-state index in [0.717, 1.165) is 0 Å². The highest BCUT2D eigenvalue weighted by molar-refractivity contribution is 6.50. The first-order chi connectivity index (χ1) is 14.6. The van der Waals surface area contributed by atoms with Gasteiger partial charge in [0.05, 0.1) is 23.4 Å². The zero-order valence-electron chi connectivity index (χ0n) is 17.6. The number of benzene rings is 1. The fraction of sp³-hybridized carbons (Fsp3) is 0.409. The van der Waals surface area contributed by atoms with Crippen LogP contribution < -0.4 is 10.7 Å². The van der Waals surface area contributed by atoms with E-state index in [1.807, 2.05) is 20.8 Å². The van der Waals surface area contributed by atoms with Gasteiger partial charge in [-0.25, -0.2) is 0 Å². The predicted molar refractivity (Wildman–Crippen MR) is 113 cm³/mol. The van der Waals surface area contributed by atoms with Gasteiger partial charge in [-0.15, -0.1) is 0 Å². The van der Waals surface area contributed by atoms with Crippen LogP contribution in [0.15, 0.2) is 52.2 Å². The van der Waals surface area contributed by atoms with E-state index in [2.05, 4.69) is 15.8 Å². The summed E-state index contributed by atoms with van der Waals surface area (Å²) in [6.45, 7) is 6.06. The number of fused-ring (bicyclic) bond motifs is 2. The molecule has 2 aromatic rings. The molecule has 9 heteroatoms. The van der Waals surface area contributed by atoms with E-state index in [1.54, 1.807) is 12.1 Å². The number of nitro benzene ring substituents is 1. The van der Waals surface area contributed by atoms with Crippen LogP contribution in [0.1, 0.15) is 39.4 Å². The number of hydrazone groups is 1. The van der Waals surface area contributed by atoms with Gasteiger partial charge in [-0.3, -0.25) is 25.1 Å². The van der Waals surface area contributed by atoms with E-state index in [1.165, 1.54) is 30.5 Å². The molecule has 2 fully saturated rings. The number of nitro groups is 1. The Morgan fingerprint density at radius 3 is 2.52 bits per heavy atom. The molecule has 2 bridgehead atoms. The molecule has 2 saturated carbocycles. The number of carbonyl (C=O) groups is 2. The van der Waals surface area contributed by atoms with Crippen LogP contribution in [-0.4, -0.2) is 22.3 Å². The lowest BCUT2D eigenvalue weighted by atomic mass is 9.64. The maximum absolute atomic E-state index is 13.5. The summed E-state index contributed by atoms with van der Waals surface area (Å²) in [6.07, 6.45) is 2.64. The number of Topliss-reactive ketones (excluding diaryl/α,β-unsaturated/α-hetero) is 1. The van der Waals surface area contributed by atoms with Gasteiger partial charge >= 0.3 is 0 Å². The lowest BCUT2D eigenvalue weighted by Gasteiger charge is -2.37. The second-order valence-electron chi connectivity index (χ2n) is 8.83. The molecular weight excluding hydrogens is 400 g/mol. The lowest BCUT2D eigenvalue weighted by molar-refractivity contribution is -0.384. The van der Waals surface area contributed by atoms with Gasteiger partial charge in [0.15, 0.2) is 5.78 Å². The molecule has 0 radical (unpaired) electrons. The Balaban J connectivity index is 1.60. The topological polar surface area (TPSA) is 127 Å². The van der Waals surface area contributed by atoms with E-state index in [9.17, 15) is 19.7 Å². The molecule has 1 amide bonds. The van der Waals surface area contributed by atoms with Crippen molar-refractivity contribution >= 4 is 28.8 Å². The van der Waals surface area contributed by atoms with Crippen LogP contribution in [0.25, 0.3) is 0 Å². The van der Waals surface area contributed by atoms with Crippen molar-refractivity contribution < 1.29 is 18.9 Å². The highest BCUT2D eigenvalue weighted by Gasteiger charge is 2.76. The van der Waals surface area contributed by atoms with Crippen LogP contribution >= 0.6 is 0 Å². The summed E-state index contributed by atoms with van der Waals surface area (Å²) in [5, 5.41) is 18.1. The van der Waals surface area contributed by atoms with Gasteiger partial charge in [-0.1, -0.05) is 20.8 Å². The Morgan fingerprint density at radius 1 is 1.19 bits per heavy atom. The Labute approximate surface area is 179 Å². The van der Waals surface area contributed by atoms with Crippen molar-refractivity contribution in [3.63, 3.8) is 0 Å². The van der Waals surface area contributed by atoms with Crippen molar-refractivity contribution in [2.45, 2.75) is 40.2 Å². The van der Waals surface area contributed by atoms with E-state index in [0.29, 0.717) is 30.0 Å². The summed E-state index contributed by atoms with van der Waals surface area (Å²) in [6, 6.07) is 9.28. The summed E-state index contributed by atoms with van der Waals surface area (Å²) >= 11 is 0. The first-order valence-corrected chi connectivity index (χ1v) is 10.1. The number of furan rings is 1. The van der Waals surface area contributed by atoms with Gasteiger partial charge in [0.2, 0.25) is 5.91 Å². The van der Waals surface area contributed by atoms with Crippen LogP contribution in [0.3, 0.4) is 0 Å². The largest absolute Gasteiger partial charge is 0.467 e. The number of non-ortho nitro benzene ring substituents is 1. The molecular formula is C22H24N4O5. The smallest absolute Gasteiger partial charge is 0.269 e. The van der Waals surface area contributed by atoms with Crippen LogP contribution in [-0.2, 0) is 16.1 Å². The number of rotatable bonds is 6. The summed E-state index contributed by atoms with van der Waals surface area (Å²) in [7, 11) is 0. The number of anilines is 1. The molecule has 0 aliphatic heterocycles. The third-order valence-corrected chi connectivity index (χ3v) is 7.34. The molecule has 0 saturated heterocycles. The number of carbonyl (C=O) groups excluding carboxylic acids is 2. The molecule has 1 aromatic heterocycles. The Kier molecular flexibility index (Phi) is 4.72. The molecule has 31 heavy (non-hydrogen) atoms. The minimum atomic E-state index is -1.20. The predicted octanol–water partition coefficient (Wildman–Crippen LogP) is 3.67. The normalized spacial score (nSPS) is 27.5. The highest BCUT2D eigenvalue weighted by atomic mass is 16.6. The molecule has 1 aromatic carbocycles. The number of hydrogen-bond acceptors (Lipinski definition) is 7. The molecule has 2 aliphatic carbocycles. The quantitative estimate of drug-likeness (QED) is 0.414. The first-order valence-electron chi connectivity index (χ1n) is 10.1. The van der Waals surface area contributed by atoms with Gasteiger partial charge in [-0.2, -0.15) is 5.10 Å². The number of hydrogen-bond donors (Lipinski definition) is 2. The fourth-order valence-electron chi connectivity index (χ4n) is 4.98. The molecule has 162 valence electrons. The molecule has 2 N–H and O–H groups in total. The van der Waals surface area contributed by atoms with Crippen LogP contribution in [0.4, 0.5) is 11.4 Å². The fourth-order valence-corrected chi connectivity index (χ4v) is 4.98. The highest BCUT2D eigenvalue weighted by Crippen LogP contribution is 2.69. The SMILES string of the molecule is CC12CCC(C(=O)NCc3ccco3)(C(=O)/C1=N\Nc1ccc([N+](=O)[O-])cc1)C2(C)C. The third-order valence-electron chi connectivity index (χ3n) is 7.34. The molecule has 0 spiro atoms. The molecule has 2 aliphatic rings. The van der Waals surface area contributed by atoms with E-state index in [-0.39, 0.29) is 23.9 Å². The Morgan fingerprint density at radius 2 is 1.90 bits per heavy atom. The van der Waals surface area contributed by atoms with Gasteiger partial charge in [-0.05, 0) is 42.5 Å². The number of nitrogens with zero attached hydrogens (tertiary/aromatic N) is 2. The van der Waals surface area contributed by atoms with Gasteiger partial charge in [0.25, 0.3) is 5.69 Å². The summed E-state index contributed by atoms with van der Waals surface area (Å²) < 4.78 is 5.28. The zero-order valence-corrected chi connectivity index (χ0v) is 17.6. The zero-order chi connectivity index (χ0) is 22.4. The summed E-state index contributed by atoms with van der Waals surface area (Å²) in [5.41, 5.74) is 1.23. The van der Waals surface area contributed by atoms with Crippen LogP contribution in [0.5, 0.6) is 0 Å². The van der Waals surface area contributed by atoms with Crippen molar-refractivity contribution in [2.24, 2.45) is 21.3 Å². The number of nitrogens with one attached hydrogen (secondary N) is 2. The van der Waals surface area contributed by atoms with Crippen LogP contribution in [0.2, 0.25) is 0 Å².